The lowest BCUT2D eigenvalue weighted by Gasteiger charge is -2.26. The Balaban J connectivity index is 2.03. The van der Waals surface area contributed by atoms with Crippen molar-refractivity contribution in [3.05, 3.63) is 59.4 Å². The zero-order chi connectivity index (χ0) is 15.9. The lowest BCUT2D eigenvalue weighted by molar-refractivity contribution is 0.476. The molecule has 0 unspecified atom stereocenters. The highest BCUT2D eigenvalue weighted by Gasteiger charge is 2.38. The molecule has 5 nitrogen and oxygen atoms in total. The van der Waals surface area contributed by atoms with Gasteiger partial charge in [0.15, 0.2) is 0 Å². The molecule has 0 radical (unpaired) electrons. The molecule has 0 spiro atoms. The number of hydrazone groups is 1. The maximum absolute atomic E-state index is 13.2. The summed E-state index contributed by atoms with van der Waals surface area (Å²) in [6.45, 7) is 1.84. The first-order valence-electron chi connectivity index (χ1n) is 6.52. The molecule has 0 aromatic heterocycles. The fourth-order valence-corrected chi connectivity index (χ4v) is 3.45. The number of halogens is 1. The molecule has 1 aliphatic heterocycles. The second kappa shape index (κ2) is 5.22. The molecule has 8 heteroatoms. The van der Waals surface area contributed by atoms with Gasteiger partial charge in [0.2, 0.25) is 0 Å². The van der Waals surface area contributed by atoms with E-state index in [-0.39, 0.29) is 10.4 Å². The van der Waals surface area contributed by atoms with Gasteiger partial charge in [-0.1, -0.05) is 23.8 Å². The van der Waals surface area contributed by atoms with Gasteiger partial charge in [0, 0.05) is 0 Å². The zero-order valence-corrected chi connectivity index (χ0v) is 12.5. The number of nitrogens with zero attached hydrogens (tertiary/aromatic N) is 2. The summed E-state index contributed by atoms with van der Waals surface area (Å²) < 4.78 is 38.9. The van der Waals surface area contributed by atoms with Gasteiger partial charge in [-0.05, 0) is 42.2 Å². The van der Waals surface area contributed by atoms with Crippen molar-refractivity contribution in [3.63, 3.8) is 0 Å². The van der Waals surface area contributed by atoms with E-state index in [1.54, 1.807) is 12.1 Å². The first-order chi connectivity index (χ1) is 10.4. The van der Waals surface area contributed by atoms with Crippen LogP contribution in [-0.2, 0) is 10.0 Å². The van der Waals surface area contributed by atoms with Crippen molar-refractivity contribution in [2.24, 2.45) is 5.10 Å². The highest BCUT2D eigenvalue weighted by Crippen LogP contribution is 2.20. The molecule has 0 aliphatic carbocycles. The monoisotopic (exact) mass is 318 g/mol. The van der Waals surface area contributed by atoms with Crippen LogP contribution in [0, 0.1) is 12.7 Å². The van der Waals surface area contributed by atoms with E-state index in [4.69, 9.17) is 0 Å². The quantitative estimate of drug-likeness (QED) is 0.835. The second-order valence-electron chi connectivity index (χ2n) is 4.98. The number of fused-ring (bicyclic) bond motifs is 1. The van der Waals surface area contributed by atoms with Gasteiger partial charge in [-0.3, -0.25) is 0 Å². The average molecular weight is 318 g/mol. The number of hydrogen-bond donors (Lipinski definition) is 1. The number of benzene rings is 2. The largest absolute Gasteiger partial charge is 0.484 e. The van der Waals surface area contributed by atoms with Gasteiger partial charge in [0.1, 0.15) is 5.82 Å². The highest BCUT2D eigenvalue weighted by molar-refractivity contribution is 7.90. The molecule has 2 aromatic rings. The van der Waals surface area contributed by atoms with Crippen LogP contribution in [0.15, 0.2) is 52.5 Å². The Morgan fingerprint density at radius 1 is 1.18 bits per heavy atom. The highest BCUT2D eigenvalue weighted by atomic mass is 32.2. The SMILES string of the molecule is Cc1ccc(S(=O)(=O)N2N=Cc3cc(F)ccc3B2O)cc1. The normalized spacial score (nSPS) is 14.1. The van der Waals surface area contributed by atoms with Crippen LogP contribution >= 0.6 is 0 Å². The van der Waals surface area contributed by atoms with E-state index in [2.05, 4.69) is 5.10 Å². The zero-order valence-electron chi connectivity index (χ0n) is 11.6. The lowest BCUT2D eigenvalue weighted by Crippen LogP contribution is -2.52. The molecule has 1 heterocycles. The first-order valence-corrected chi connectivity index (χ1v) is 7.96. The Labute approximate surface area is 127 Å². The van der Waals surface area contributed by atoms with Crippen molar-refractivity contribution >= 4 is 28.8 Å². The van der Waals surface area contributed by atoms with Crippen molar-refractivity contribution < 1.29 is 17.8 Å². The van der Waals surface area contributed by atoms with Crippen LogP contribution in [0.4, 0.5) is 4.39 Å². The van der Waals surface area contributed by atoms with Gasteiger partial charge in [0.05, 0.1) is 11.1 Å². The summed E-state index contributed by atoms with van der Waals surface area (Å²) in [5.74, 6) is -0.479. The van der Waals surface area contributed by atoms with Crippen molar-refractivity contribution in [2.45, 2.75) is 11.8 Å². The minimum atomic E-state index is -3.99. The average Bonchev–Trinajstić information content (AvgIpc) is 2.47. The Kier molecular flexibility index (Phi) is 3.50. The van der Waals surface area contributed by atoms with Gasteiger partial charge in [-0.25, -0.2) is 12.8 Å². The van der Waals surface area contributed by atoms with Crippen molar-refractivity contribution in [3.8, 4) is 0 Å². The standard InChI is InChI=1S/C14H12BFN2O3S/c1-10-2-5-13(6-3-10)22(20,21)18-15(19)14-7-4-12(16)8-11(14)9-17-18/h2-9,19H,1H3. The lowest BCUT2D eigenvalue weighted by atomic mass is 9.72. The summed E-state index contributed by atoms with van der Waals surface area (Å²) >= 11 is 0. The maximum Gasteiger partial charge on any atom is 0.484 e. The molecule has 0 atom stereocenters. The Bertz CT molecular complexity index is 853. The second-order valence-corrected chi connectivity index (χ2v) is 6.78. The third-order valence-electron chi connectivity index (χ3n) is 3.41. The summed E-state index contributed by atoms with van der Waals surface area (Å²) in [7, 11) is -5.48. The van der Waals surface area contributed by atoms with E-state index in [1.807, 2.05) is 6.92 Å². The van der Waals surface area contributed by atoms with Crippen LogP contribution in [0.3, 0.4) is 0 Å². The summed E-state index contributed by atoms with van der Waals surface area (Å²) in [6, 6.07) is 9.93. The van der Waals surface area contributed by atoms with Crippen LogP contribution in [-0.4, -0.2) is 31.0 Å². The van der Waals surface area contributed by atoms with Crippen LogP contribution in [0.1, 0.15) is 11.1 Å². The van der Waals surface area contributed by atoms with Crippen LogP contribution < -0.4 is 5.46 Å². The summed E-state index contributed by atoms with van der Waals surface area (Å²) in [5, 5.41) is 14.0. The summed E-state index contributed by atoms with van der Waals surface area (Å²) in [5.41, 5.74) is 1.55. The molecule has 0 bridgehead atoms. The Morgan fingerprint density at radius 2 is 1.86 bits per heavy atom. The first kappa shape index (κ1) is 14.7. The molecule has 22 heavy (non-hydrogen) atoms. The predicted molar refractivity (Wildman–Crippen MR) is 81.8 cm³/mol. The molecule has 2 aromatic carbocycles. The molecule has 112 valence electrons. The molecule has 3 rings (SSSR count). The van der Waals surface area contributed by atoms with Gasteiger partial charge < -0.3 is 5.02 Å². The fraction of sp³-hybridized carbons (Fsp3) is 0.0714. The van der Waals surface area contributed by atoms with Crippen molar-refractivity contribution in [1.29, 1.82) is 0 Å². The molecule has 0 saturated heterocycles. The summed E-state index contributed by atoms with van der Waals surface area (Å²) in [4.78, 5) is 0.0276. The van der Waals surface area contributed by atoms with E-state index in [1.165, 1.54) is 30.5 Å². The fourth-order valence-electron chi connectivity index (χ4n) is 2.21. The van der Waals surface area contributed by atoms with E-state index < -0.39 is 22.9 Å². The molecule has 1 N–H and O–H groups in total. The third kappa shape index (κ3) is 2.40. The Morgan fingerprint density at radius 3 is 2.55 bits per heavy atom. The maximum atomic E-state index is 13.2. The van der Waals surface area contributed by atoms with Gasteiger partial charge in [-0.15, -0.1) is 0 Å². The van der Waals surface area contributed by atoms with Crippen LogP contribution in [0.25, 0.3) is 0 Å². The Hall–Kier alpha value is -2.19. The smallest absolute Gasteiger partial charge is 0.427 e. The molecule has 1 aliphatic rings. The minimum Gasteiger partial charge on any atom is -0.427 e. The number of hydrogen-bond acceptors (Lipinski definition) is 4. The molecule has 0 amide bonds. The number of aryl methyl sites for hydroxylation is 1. The molecular formula is C14H12BFN2O3S. The predicted octanol–water partition coefficient (Wildman–Crippen LogP) is 0.860. The number of rotatable bonds is 2. The topological polar surface area (TPSA) is 70.0 Å². The minimum absolute atomic E-state index is 0.0276. The van der Waals surface area contributed by atoms with Gasteiger partial charge in [0.25, 0.3) is 10.0 Å². The van der Waals surface area contributed by atoms with Crippen molar-refractivity contribution in [1.82, 2.24) is 4.33 Å². The third-order valence-corrected chi connectivity index (χ3v) is 5.07. The van der Waals surface area contributed by atoms with E-state index in [0.717, 1.165) is 11.6 Å². The van der Waals surface area contributed by atoms with E-state index in [9.17, 15) is 17.8 Å². The molecule has 0 fully saturated rings. The van der Waals surface area contributed by atoms with Gasteiger partial charge >= 0.3 is 7.05 Å². The number of sulfonamides is 1. The summed E-state index contributed by atoms with van der Waals surface area (Å²) in [6.07, 6.45) is 1.22. The molecular weight excluding hydrogens is 306 g/mol. The van der Waals surface area contributed by atoms with Gasteiger partial charge in [-0.2, -0.15) is 9.43 Å². The van der Waals surface area contributed by atoms with Crippen molar-refractivity contribution in [2.75, 3.05) is 0 Å². The van der Waals surface area contributed by atoms with Crippen LogP contribution in [0.5, 0.6) is 0 Å². The van der Waals surface area contributed by atoms with E-state index in [0.29, 0.717) is 9.89 Å². The van der Waals surface area contributed by atoms with E-state index >= 15 is 0 Å². The molecule has 0 saturated carbocycles. The van der Waals surface area contributed by atoms with Crippen LogP contribution in [0.2, 0.25) is 0 Å².